The molecular weight excluding hydrogens is 442 g/mol. The van der Waals surface area contributed by atoms with Crippen molar-refractivity contribution in [2.45, 2.75) is 45.6 Å². The molecule has 2 heterocycles. The van der Waals surface area contributed by atoms with Gasteiger partial charge in [-0.15, -0.1) is 0 Å². The lowest BCUT2D eigenvalue weighted by molar-refractivity contribution is 0.0919. The minimum absolute atomic E-state index is 0.112. The minimum Gasteiger partial charge on any atom is -0.494 e. The molecule has 1 amide bonds. The summed E-state index contributed by atoms with van der Waals surface area (Å²) in [5, 5.41) is 12.8. The van der Waals surface area contributed by atoms with Gasteiger partial charge >= 0.3 is 0 Å². The maximum Gasteiger partial charge on any atom is 0.251 e. The quantitative estimate of drug-likeness (QED) is 0.453. The summed E-state index contributed by atoms with van der Waals surface area (Å²) < 4.78 is 5.98. The first-order valence-electron chi connectivity index (χ1n) is 11.5. The molecule has 0 saturated carbocycles. The van der Waals surface area contributed by atoms with Gasteiger partial charge in [0.15, 0.2) is 0 Å². The Hall–Kier alpha value is -2.42. The Kier molecular flexibility index (Phi) is 9.29. The zero-order valence-corrected chi connectivity index (χ0v) is 20.1. The molecule has 1 fully saturated rings. The number of hydrogen-bond donors (Lipinski definition) is 3. The summed E-state index contributed by atoms with van der Waals surface area (Å²) >= 11 is 5.87. The van der Waals surface area contributed by atoms with Gasteiger partial charge in [0.2, 0.25) is 5.95 Å². The summed E-state index contributed by atoms with van der Waals surface area (Å²) in [6.07, 6.45) is 6.88. The topological polar surface area (TPSA) is 114 Å². The molecule has 9 heteroatoms. The molecule has 180 valence electrons. The molecule has 1 aliphatic rings. The molecule has 0 bridgehead atoms. The second-order valence-electron chi connectivity index (χ2n) is 8.65. The van der Waals surface area contributed by atoms with E-state index in [0.29, 0.717) is 23.1 Å². The lowest BCUT2D eigenvalue weighted by Crippen LogP contribution is -2.36. The van der Waals surface area contributed by atoms with Crippen LogP contribution in [0.3, 0.4) is 0 Å². The third kappa shape index (κ3) is 7.28. The lowest BCUT2D eigenvalue weighted by Gasteiger charge is -2.32. The van der Waals surface area contributed by atoms with Gasteiger partial charge in [-0.2, -0.15) is 0 Å². The number of halogens is 1. The number of piperidine rings is 1. The molecule has 33 heavy (non-hydrogen) atoms. The van der Waals surface area contributed by atoms with E-state index in [2.05, 4.69) is 20.2 Å². The first kappa shape index (κ1) is 25.2. The summed E-state index contributed by atoms with van der Waals surface area (Å²) in [5.74, 6) is 1.99. The van der Waals surface area contributed by atoms with Crippen LogP contribution in [-0.2, 0) is 0 Å². The zero-order valence-electron chi connectivity index (χ0n) is 19.4. The fraction of sp³-hybridized carbons (Fsp3) is 0.542. The number of carbonyl (C=O) groups excluding carboxylic acids is 1. The van der Waals surface area contributed by atoms with Crippen LogP contribution >= 0.6 is 11.6 Å². The number of nitrogens with zero attached hydrogens (tertiary/aromatic N) is 3. The van der Waals surface area contributed by atoms with Crippen molar-refractivity contribution in [3.8, 4) is 5.75 Å². The third-order valence-electron chi connectivity index (χ3n) is 6.03. The van der Waals surface area contributed by atoms with Gasteiger partial charge in [0.1, 0.15) is 5.75 Å². The van der Waals surface area contributed by atoms with Gasteiger partial charge < -0.3 is 25.8 Å². The first-order chi connectivity index (χ1) is 15.9. The van der Waals surface area contributed by atoms with Gasteiger partial charge in [-0.1, -0.05) is 11.6 Å². The molecular formula is C24H34ClN5O3. The maximum absolute atomic E-state index is 12.5. The van der Waals surface area contributed by atoms with Crippen LogP contribution in [0.4, 0.5) is 5.95 Å². The van der Waals surface area contributed by atoms with E-state index in [4.69, 9.17) is 22.1 Å². The van der Waals surface area contributed by atoms with Crippen molar-refractivity contribution < 1.29 is 14.6 Å². The normalized spacial score (nSPS) is 15.4. The van der Waals surface area contributed by atoms with E-state index in [0.717, 1.165) is 61.6 Å². The Morgan fingerprint density at radius 2 is 1.91 bits per heavy atom. The van der Waals surface area contributed by atoms with E-state index < -0.39 is 6.10 Å². The second-order valence-corrected chi connectivity index (χ2v) is 9.09. The van der Waals surface area contributed by atoms with Crippen molar-refractivity contribution in [1.29, 1.82) is 0 Å². The number of nitrogens with one attached hydrogen (secondary N) is 1. The number of aryl methyl sites for hydroxylation is 2. The molecule has 1 aromatic carbocycles. The molecule has 0 aliphatic carbocycles. The van der Waals surface area contributed by atoms with Crippen molar-refractivity contribution in [2.24, 2.45) is 11.7 Å². The number of aliphatic hydroxyl groups excluding tert-OH is 1. The number of nitrogens with two attached hydrogens (primary N) is 1. The number of hydrogen-bond acceptors (Lipinski definition) is 7. The number of aliphatic hydroxyl groups is 1. The molecule has 3 rings (SSSR count). The summed E-state index contributed by atoms with van der Waals surface area (Å²) in [4.78, 5) is 23.3. The summed E-state index contributed by atoms with van der Waals surface area (Å²) in [5.41, 5.74) is 7.70. The fourth-order valence-electron chi connectivity index (χ4n) is 4.20. The smallest absolute Gasteiger partial charge is 0.251 e. The molecule has 1 atom stereocenters. The van der Waals surface area contributed by atoms with E-state index in [9.17, 15) is 9.90 Å². The number of ether oxygens (including phenoxy) is 1. The van der Waals surface area contributed by atoms with Gasteiger partial charge in [-0.3, -0.25) is 4.79 Å². The number of rotatable bonds is 10. The largest absolute Gasteiger partial charge is 0.494 e. The minimum atomic E-state index is -0.741. The standard InChI is InChI=1S/C24H34ClN5O3/c1-16-10-21(11-17(2)22(16)23(32)27-15-20(31)12-26)33-9-3-4-18-5-7-30(8-6-18)24-28-13-19(25)14-29-24/h10-11,13-14,18,20,31H,3-9,12,15,26H2,1-2H3,(H,27,32)/t20-/m0/s1. The third-order valence-corrected chi connectivity index (χ3v) is 6.23. The summed E-state index contributed by atoms with van der Waals surface area (Å²) in [6, 6.07) is 3.79. The molecule has 4 N–H and O–H groups in total. The van der Waals surface area contributed by atoms with Crippen LogP contribution < -0.4 is 20.7 Å². The molecule has 8 nitrogen and oxygen atoms in total. The van der Waals surface area contributed by atoms with Crippen LogP contribution in [0.2, 0.25) is 5.02 Å². The number of anilines is 1. The van der Waals surface area contributed by atoms with Crippen molar-refractivity contribution in [3.63, 3.8) is 0 Å². The van der Waals surface area contributed by atoms with Crippen molar-refractivity contribution >= 4 is 23.5 Å². The monoisotopic (exact) mass is 475 g/mol. The highest BCUT2D eigenvalue weighted by atomic mass is 35.5. The average Bonchev–Trinajstić information content (AvgIpc) is 2.81. The van der Waals surface area contributed by atoms with Crippen molar-refractivity contribution in [3.05, 3.63) is 46.2 Å². The van der Waals surface area contributed by atoms with E-state index in [-0.39, 0.29) is 19.0 Å². The molecule has 2 aromatic rings. The van der Waals surface area contributed by atoms with Crippen LogP contribution in [0.15, 0.2) is 24.5 Å². The maximum atomic E-state index is 12.5. The van der Waals surface area contributed by atoms with Gasteiger partial charge in [0, 0.05) is 31.7 Å². The Bertz CT molecular complexity index is 894. The van der Waals surface area contributed by atoms with Crippen LogP contribution in [0.25, 0.3) is 0 Å². The number of amides is 1. The van der Waals surface area contributed by atoms with E-state index >= 15 is 0 Å². The fourth-order valence-corrected chi connectivity index (χ4v) is 4.30. The van der Waals surface area contributed by atoms with E-state index in [1.54, 1.807) is 12.4 Å². The average molecular weight is 476 g/mol. The first-order valence-corrected chi connectivity index (χ1v) is 11.9. The highest BCUT2D eigenvalue weighted by molar-refractivity contribution is 6.30. The Labute approximate surface area is 200 Å². The second kappa shape index (κ2) is 12.2. The van der Waals surface area contributed by atoms with Gasteiger partial charge in [0.25, 0.3) is 5.91 Å². The van der Waals surface area contributed by atoms with Crippen LogP contribution in [0, 0.1) is 19.8 Å². The Morgan fingerprint density at radius 3 is 2.52 bits per heavy atom. The number of carbonyl (C=O) groups is 1. The van der Waals surface area contributed by atoms with Gasteiger partial charge in [-0.25, -0.2) is 9.97 Å². The Morgan fingerprint density at radius 1 is 1.27 bits per heavy atom. The lowest BCUT2D eigenvalue weighted by atomic mass is 9.92. The van der Waals surface area contributed by atoms with Gasteiger partial charge in [-0.05, 0) is 68.7 Å². The predicted octanol–water partition coefficient (Wildman–Crippen LogP) is 2.87. The molecule has 1 saturated heterocycles. The summed E-state index contributed by atoms with van der Waals surface area (Å²) in [6.45, 7) is 6.60. The summed E-state index contributed by atoms with van der Waals surface area (Å²) in [7, 11) is 0. The van der Waals surface area contributed by atoms with Crippen molar-refractivity contribution in [1.82, 2.24) is 15.3 Å². The van der Waals surface area contributed by atoms with E-state index in [1.165, 1.54) is 0 Å². The Balaban J connectivity index is 1.41. The molecule has 0 unspecified atom stereocenters. The number of benzene rings is 1. The molecule has 1 aliphatic heterocycles. The zero-order chi connectivity index (χ0) is 23.8. The predicted molar refractivity (Wildman–Crippen MR) is 130 cm³/mol. The highest BCUT2D eigenvalue weighted by Crippen LogP contribution is 2.26. The molecule has 0 radical (unpaired) electrons. The van der Waals surface area contributed by atoms with Gasteiger partial charge in [0.05, 0.1) is 30.1 Å². The molecule has 0 spiro atoms. The van der Waals surface area contributed by atoms with Crippen LogP contribution in [-0.4, -0.2) is 59.9 Å². The SMILES string of the molecule is Cc1cc(OCCCC2CCN(c3ncc(Cl)cn3)CC2)cc(C)c1C(=O)NC[C@@H](O)CN. The number of aromatic nitrogens is 2. The van der Waals surface area contributed by atoms with Crippen LogP contribution in [0.1, 0.15) is 47.2 Å². The van der Waals surface area contributed by atoms with E-state index in [1.807, 2.05) is 26.0 Å². The molecule has 1 aromatic heterocycles. The van der Waals surface area contributed by atoms with Crippen LogP contribution in [0.5, 0.6) is 5.75 Å². The highest BCUT2D eigenvalue weighted by Gasteiger charge is 2.21. The van der Waals surface area contributed by atoms with Crippen molar-refractivity contribution in [2.75, 3.05) is 37.7 Å².